The van der Waals surface area contributed by atoms with E-state index in [4.69, 9.17) is 23.3 Å². The topological polar surface area (TPSA) is 46.2 Å². The second-order valence-electron chi connectivity index (χ2n) is 5.85. The van der Waals surface area contributed by atoms with Crippen LogP contribution in [0.2, 0.25) is 0 Å². The predicted octanol–water partition coefficient (Wildman–Crippen LogP) is 1.76. The van der Waals surface area contributed by atoms with Crippen molar-refractivity contribution in [2.24, 2.45) is 0 Å². The summed E-state index contributed by atoms with van der Waals surface area (Å²) in [5.41, 5.74) is 0. The molecule has 0 N–H and O–H groups in total. The fourth-order valence-corrected chi connectivity index (χ4v) is 5.63. The molecular formula is C12H19O5PSe. The molecule has 3 saturated heterocycles. The molecule has 3 heterocycles. The molecule has 0 aromatic rings. The van der Waals surface area contributed by atoms with E-state index in [1.54, 1.807) is 0 Å². The number of hydrogen-bond donors (Lipinski definition) is 0. The zero-order chi connectivity index (χ0) is 13.1. The van der Waals surface area contributed by atoms with Gasteiger partial charge in [-0.2, -0.15) is 0 Å². The first-order valence-corrected chi connectivity index (χ1v) is 11.3. The number of fused-ring (bicyclic) bond motifs is 3. The summed E-state index contributed by atoms with van der Waals surface area (Å²) in [6.07, 6.45) is 5.07. The van der Waals surface area contributed by atoms with Gasteiger partial charge in [0.05, 0.1) is 0 Å². The van der Waals surface area contributed by atoms with Crippen LogP contribution < -0.4 is 0 Å². The van der Waals surface area contributed by atoms with E-state index in [0.29, 0.717) is 6.61 Å². The zero-order valence-electron chi connectivity index (χ0n) is 10.9. The van der Waals surface area contributed by atoms with Crippen LogP contribution in [0.4, 0.5) is 0 Å². The molecule has 1 saturated carbocycles. The first-order valence-electron chi connectivity index (χ1n) is 6.99. The normalized spacial score (nSPS) is 52.1. The van der Waals surface area contributed by atoms with Gasteiger partial charge in [-0.15, -0.1) is 0 Å². The summed E-state index contributed by atoms with van der Waals surface area (Å²) < 4.78 is 30.0. The Balaban J connectivity index is 1.53. The second-order valence-corrected chi connectivity index (χ2v) is 12.0. The monoisotopic (exact) mass is 354 g/mol. The van der Waals surface area contributed by atoms with Crippen molar-refractivity contribution in [2.75, 3.05) is 13.3 Å². The van der Waals surface area contributed by atoms with Gasteiger partial charge >= 0.3 is 120 Å². The van der Waals surface area contributed by atoms with Gasteiger partial charge in [0.2, 0.25) is 0 Å². The van der Waals surface area contributed by atoms with Crippen LogP contribution in [-0.4, -0.2) is 58.8 Å². The molecule has 5 atom stereocenters. The average Bonchev–Trinajstić information content (AvgIpc) is 2.84. The molecule has 4 rings (SSSR count). The van der Waals surface area contributed by atoms with Gasteiger partial charge in [0.1, 0.15) is 0 Å². The first kappa shape index (κ1) is 13.4. The molecule has 4 aliphatic rings. The molecule has 0 bridgehead atoms. The van der Waals surface area contributed by atoms with E-state index in [0.717, 1.165) is 12.8 Å². The van der Waals surface area contributed by atoms with Crippen LogP contribution in [0.5, 0.6) is 0 Å². The zero-order valence-corrected chi connectivity index (χ0v) is 13.6. The van der Waals surface area contributed by atoms with Gasteiger partial charge in [-0.1, -0.05) is 0 Å². The van der Waals surface area contributed by atoms with E-state index in [-0.39, 0.29) is 24.6 Å². The molecule has 19 heavy (non-hydrogen) atoms. The Kier molecular flexibility index (Phi) is 3.26. The Morgan fingerprint density at radius 2 is 1.89 bits per heavy atom. The van der Waals surface area contributed by atoms with E-state index in [2.05, 4.69) is 15.1 Å². The third kappa shape index (κ3) is 2.31. The van der Waals surface area contributed by atoms with Crippen molar-refractivity contribution < 1.29 is 23.3 Å². The van der Waals surface area contributed by atoms with Gasteiger partial charge in [-0.3, -0.25) is 0 Å². The van der Waals surface area contributed by atoms with Gasteiger partial charge in [0, 0.05) is 0 Å². The standard InChI is InChI=1S/C12H19O5PSe/c1-18(19)13-7-8-9(17-18)10-11(14-8)16-12(15-10)5-3-2-4-6-12/h8-11H,2-7H2,1H3/t8-,9+,10-,11-,18+/m1/s1. The quantitative estimate of drug-likeness (QED) is 0.491. The third-order valence-corrected chi connectivity index (χ3v) is 6.80. The van der Waals surface area contributed by atoms with Gasteiger partial charge in [-0.05, 0) is 0 Å². The van der Waals surface area contributed by atoms with Crippen molar-refractivity contribution in [2.45, 2.75) is 62.5 Å². The SMILES string of the molecule is C[P@]1(=[Se])OC[C@H]2O[C@@H]3OC4(CCCCC4)O[C@@H]3[C@H]2O1. The molecule has 5 nitrogen and oxygen atoms in total. The molecule has 3 aliphatic heterocycles. The number of rotatable bonds is 0. The van der Waals surface area contributed by atoms with Gasteiger partial charge in [0.15, 0.2) is 0 Å². The van der Waals surface area contributed by atoms with E-state index in [1.807, 2.05) is 6.66 Å². The van der Waals surface area contributed by atoms with Crippen molar-refractivity contribution in [3.8, 4) is 0 Å². The maximum atomic E-state index is 6.25. The average molecular weight is 353 g/mol. The van der Waals surface area contributed by atoms with Crippen LogP contribution in [0.15, 0.2) is 0 Å². The Hall–Kier alpha value is 0.749. The molecule has 1 aliphatic carbocycles. The van der Waals surface area contributed by atoms with Crippen LogP contribution >= 0.6 is 5.96 Å². The minimum atomic E-state index is -1.85. The molecule has 0 unspecified atom stereocenters. The molecule has 108 valence electrons. The van der Waals surface area contributed by atoms with Crippen LogP contribution in [-0.2, 0) is 23.3 Å². The molecule has 0 aromatic heterocycles. The molecule has 0 radical (unpaired) electrons. The molecule has 1 spiro atoms. The van der Waals surface area contributed by atoms with Gasteiger partial charge < -0.3 is 0 Å². The van der Waals surface area contributed by atoms with Crippen LogP contribution in [0.3, 0.4) is 0 Å². The Labute approximate surface area is 120 Å². The third-order valence-electron chi connectivity index (χ3n) is 4.35. The molecule has 7 heteroatoms. The van der Waals surface area contributed by atoms with Crippen molar-refractivity contribution in [3.05, 3.63) is 0 Å². The van der Waals surface area contributed by atoms with Gasteiger partial charge in [-0.25, -0.2) is 0 Å². The molecule has 4 fully saturated rings. The summed E-state index contributed by atoms with van der Waals surface area (Å²) in [7, 11) is 0. The molecule has 0 aromatic carbocycles. The Bertz CT molecular complexity index is 424. The number of ether oxygens (including phenoxy) is 3. The van der Waals surface area contributed by atoms with Gasteiger partial charge in [0.25, 0.3) is 0 Å². The van der Waals surface area contributed by atoms with E-state index in [1.165, 1.54) is 19.3 Å². The minimum absolute atomic E-state index is 0.0559. The van der Waals surface area contributed by atoms with E-state index < -0.39 is 11.7 Å². The maximum absolute atomic E-state index is 6.25. The summed E-state index contributed by atoms with van der Waals surface area (Å²) in [6, 6.07) is 0. The van der Waals surface area contributed by atoms with E-state index in [9.17, 15) is 0 Å². The fourth-order valence-electron chi connectivity index (χ4n) is 3.45. The van der Waals surface area contributed by atoms with Crippen LogP contribution in [0.1, 0.15) is 32.1 Å². The first-order chi connectivity index (χ1) is 9.07. The summed E-state index contributed by atoms with van der Waals surface area (Å²) in [5.74, 6) is -2.26. The summed E-state index contributed by atoms with van der Waals surface area (Å²) in [5, 5.41) is 0. The van der Waals surface area contributed by atoms with Crippen LogP contribution in [0, 0.1) is 0 Å². The molecular weight excluding hydrogens is 334 g/mol. The Morgan fingerprint density at radius 3 is 2.68 bits per heavy atom. The van der Waals surface area contributed by atoms with E-state index >= 15 is 0 Å². The summed E-state index contributed by atoms with van der Waals surface area (Å²) >= 11 is 3.03. The van der Waals surface area contributed by atoms with Crippen molar-refractivity contribution in [3.63, 3.8) is 0 Å². The van der Waals surface area contributed by atoms with Crippen molar-refractivity contribution in [1.82, 2.24) is 0 Å². The van der Waals surface area contributed by atoms with Crippen molar-refractivity contribution >= 4 is 21.1 Å². The molecule has 0 amide bonds. The van der Waals surface area contributed by atoms with Crippen molar-refractivity contribution in [1.29, 1.82) is 0 Å². The summed E-state index contributed by atoms with van der Waals surface area (Å²) in [6.45, 7) is 2.55. The second kappa shape index (κ2) is 4.62. The fraction of sp³-hybridized carbons (Fsp3) is 1.00. The number of hydrogen-bond acceptors (Lipinski definition) is 5. The predicted molar refractivity (Wildman–Crippen MR) is 69.9 cm³/mol. The van der Waals surface area contributed by atoms with Crippen LogP contribution in [0.25, 0.3) is 0 Å². The Morgan fingerprint density at radius 1 is 1.11 bits per heavy atom. The summed E-state index contributed by atoms with van der Waals surface area (Å²) in [4.78, 5) is 0.